The van der Waals surface area contributed by atoms with Crippen molar-refractivity contribution in [1.82, 2.24) is 5.32 Å². The highest BCUT2D eigenvalue weighted by atomic mass is 19.1. The molecule has 0 saturated heterocycles. The highest BCUT2D eigenvalue weighted by Crippen LogP contribution is 2.17. The van der Waals surface area contributed by atoms with Gasteiger partial charge in [0.15, 0.2) is 0 Å². The van der Waals surface area contributed by atoms with Gasteiger partial charge in [0.05, 0.1) is 0 Å². The van der Waals surface area contributed by atoms with Crippen molar-refractivity contribution in [2.75, 3.05) is 13.1 Å². The van der Waals surface area contributed by atoms with Crippen molar-refractivity contribution in [1.29, 1.82) is 0 Å². The number of aryl methyl sites for hydroxylation is 1. The molecule has 1 rings (SSSR count). The van der Waals surface area contributed by atoms with E-state index in [-0.39, 0.29) is 5.82 Å². The highest BCUT2D eigenvalue weighted by molar-refractivity contribution is 5.26. The van der Waals surface area contributed by atoms with Gasteiger partial charge in [-0.05, 0) is 61.5 Å². The molecule has 0 atom stereocenters. The molecule has 0 amide bonds. The first-order valence-corrected chi connectivity index (χ1v) is 6.34. The average molecular weight is 237 g/mol. The predicted octanol–water partition coefficient (Wildman–Crippen LogP) is 3.70. The van der Waals surface area contributed by atoms with Crippen LogP contribution in [-0.4, -0.2) is 13.1 Å². The fourth-order valence-corrected chi connectivity index (χ4v) is 1.75. The van der Waals surface area contributed by atoms with Crippen LogP contribution in [0.4, 0.5) is 4.39 Å². The molecule has 0 radical (unpaired) electrons. The number of hydrogen-bond acceptors (Lipinski definition) is 1. The molecule has 0 aliphatic carbocycles. The molecule has 0 aromatic heterocycles. The first-order chi connectivity index (χ1) is 7.88. The van der Waals surface area contributed by atoms with E-state index in [1.807, 2.05) is 13.0 Å². The molecule has 1 aromatic rings. The molecular weight excluding hydrogens is 213 g/mol. The maximum Gasteiger partial charge on any atom is 0.123 e. The Balaban J connectivity index is 2.27. The lowest BCUT2D eigenvalue weighted by Crippen LogP contribution is -2.22. The molecule has 1 nitrogen and oxygen atoms in total. The third-order valence-electron chi connectivity index (χ3n) is 2.93. The standard InChI is InChI=1S/C15H24FN/c1-12-11-14(16)6-5-13(12)7-9-17-10-8-15(2,3)4/h5-6,11,17H,7-10H2,1-4H3. The highest BCUT2D eigenvalue weighted by Gasteiger charge is 2.08. The van der Waals surface area contributed by atoms with Crippen molar-refractivity contribution in [3.05, 3.63) is 35.1 Å². The van der Waals surface area contributed by atoms with Gasteiger partial charge in [0.25, 0.3) is 0 Å². The summed E-state index contributed by atoms with van der Waals surface area (Å²) in [5.74, 6) is -0.146. The van der Waals surface area contributed by atoms with Crippen molar-refractivity contribution in [3.8, 4) is 0 Å². The van der Waals surface area contributed by atoms with Crippen molar-refractivity contribution in [2.24, 2.45) is 5.41 Å². The van der Waals surface area contributed by atoms with Gasteiger partial charge in [-0.25, -0.2) is 4.39 Å². The van der Waals surface area contributed by atoms with Crippen LogP contribution in [0.1, 0.15) is 38.3 Å². The zero-order valence-electron chi connectivity index (χ0n) is 11.4. The Morgan fingerprint density at radius 1 is 1.18 bits per heavy atom. The molecule has 17 heavy (non-hydrogen) atoms. The summed E-state index contributed by atoms with van der Waals surface area (Å²) < 4.78 is 12.9. The van der Waals surface area contributed by atoms with E-state index in [1.165, 1.54) is 18.1 Å². The first kappa shape index (κ1) is 14.2. The summed E-state index contributed by atoms with van der Waals surface area (Å²) in [4.78, 5) is 0. The number of nitrogens with one attached hydrogen (secondary N) is 1. The number of halogens is 1. The molecule has 96 valence electrons. The van der Waals surface area contributed by atoms with Gasteiger partial charge in [0, 0.05) is 0 Å². The summed E-state index contributed by atoms with van der Waals surface area (Å²) in [6, 6.07) is 5.03. The van der Waals surface area contributed by atoms with Gasteiger partial charge < -0.3 is 5.32 Å². The van der Waals surface area contributed by atoms with Gasteiger partial charge in [0.1, 0.15) is 5.82 Å². The lowest BCUT2D eigenvalue weighted by atomic mass is 9.92. The topological polar surface area (TPSA) is 12.0 Å². The maximum atomic E-state index is 12.9. The summed E-state index contributed by atoms with van der Waals surface area (Å²) in [5, 5.41) is 3.44. The van der Waals surface area contributed by atoms with Gasteiger partial charge >= 0.3 is 0 Å². The number of rotatable bonds is 5. The van der Waals surface area contributed by atoms with Crippen LogP contribution in [0.25, 0.3) is 0 Å². The van der Waals surface area contributed by atoms with Crippen LogP contribution in [0, 0.1) is 18.2 Å². The Kier molecular flexibility index (Phi) is 5.13. The smallest absolute Gasteiger partial charge is 0.123 e. The quantitative estimate of drug-likeness (QED) is 0.770. The van der Waals surface area contributed by atoms with E-state index in [9.17, 15) is 4.39 Å². The fourth-order valence-electron chi connectivity index (χ4n) is 1.75. The van der Waals surface area contributed by atoms with E-state index in [1.54, 1.807) is 6.07 Å². The molecule has 1 aromatic carbocycles. The minimum Gasteiger partial charge on any atom is -0.316 e. The monoisotopic (exact) mass is 237 g/mol. The van der Waals surface area contributed by atoms with Gasteiger partial charge in [-0.1, -0.05) is 26.8 Å². The summed E-state index contributed by atoms with van der Waals surface area (Å²) in [5.41, 5.74) is 2.66. The second-order valence-electron chi connectivity index (χ2n) is 5.88. The molecule has 2 heteroatoms. The third kappa shape index (κ3) is 5.83. The lowest BCUT2D eigenvalue weighted by Gasteiger charge is -2.18. The van der Waals surface area contributed by atoms with E-state index in [4.69, 9.17) is 0 Å². The molecular formula is C15H24FN. The Bertz CT molecular complexity index is 352. The SMILES string of the molecule is Cc1cc(F)ccc1CCNCCC(C)(C)C. The van der Waals surface area contributed by atoms with Crippen molar-refractivity contribution in [2.45, 2.75) is 40.5 Å². The Labute approximate surface area is 104 Å². The van der Waals surface area contributed by atoms with E-state index in [2.05, 4.69) is 26.1 Å². The number of hydrogen-bond donors (Lipinski definition) is 1. The molecule has 0 bridgehead atoms. The van der Waals surface area contributed by atoms with Gasteiger partial charge in [0.2, 0.25) is 0 Å². The summed E-state index contributed by atoms with van der Waals surface area (Å²) in [6.07, 6.45) is 2.14. The Hall–Kier alpha value is -0.890. The van der Waals surface area contributed by atoms with E-state index >= 15 is 0 Å². The molecule has 1 N–H and O–H groups in total. The van der Waals surface area contributed by atoms with Crippen LogP contribution in [-0.2, 0) is 6.42 Å². The van der Waals surface area contributed by atoms with E-state index in [0.717, 1.165) is 25.1 Å². The second kappa shape index (κ2) is 6.15. The zero-order valence-corrected chi connectivity index (χ0v) is 11.4. The summed E-state index contributed by atoms with van der Waals surface area (Å²) >= 11 is 0. The third-order valence-corrected chi connectivity index (χ3v) is 2.93. The normalized spacial score (nSPS) is 11.8. The van der Waals surface area contributed by atoms with E-state index in [0.29, 0.717) is 5.41 Å². The Morgan fingerprint density at radius 3 is 2.47 bits per heavy atom. The van der Waals surface area contributed by atoms with Crippen LogP contribution >= 0.6 is 0 Å². The molecule has 0 saturated carbocycles. The fraction of sp³-hybridized carbons (Fsp3) is 0.600. The molecule has 0 fully saturated rings. The van der Waals surface area contributed by atoms with Crippen LogP contribution < -0.4 is 5.32 Å². The largest absolute Gasteiger partial charge is 0.316 e. The molecule has 0 spiro atoms. The maximum absolute atomic E-state index is 12.9. The van der Waals surface area contributed by atoms with Crippen LogP contribution in [0.3, 0.4) is 0 Å². The zero-order chi connectivity index (χ0) is 12.9. The Morgan fingerprint density at radius 2 is 1.88 bits per heavy atom. The van der Waals surface area contributed by atoms with Crippen LogP contribution in [0.5, 0.6) is 0 Å². The molecule has 0 aliphatic rings. The minimum absolute atomic E-state index is 0.146. The summed E-state index contributed by atoms with van der Waals surface area (Å²) in [6.45, 7) is 10.7. The average Bonchev–Trinajstić information content (AvgIpc) is 2.18. The lowest BCUT2D eigenvalue weighted by molar-refractivity contribution is 0.367. The minimum atomic E-state index is -0.146. The molecule has 0 aliphatic heterocycles. The van der Waals surface area contributed by atoms with Crippen molar-refractivity contribution < 1.29 is 4.39 Å². The number of benzene rings is 1. The van der Waals surface area contributed by atoms with Crippen molar-refractivity contribution in [3.63, 3.8) is 0 Å². The van der Waals surface area contributed by atoms with Gasteiger partial charge in [-0.3, -0.25) is 0 Å². The molecule has 0 heterocycles. The van der Waals surface area contributed by atoms with Crippen LogP contribution in [0.15, 0.2) is 18.2 Å². The second-order valence-corrected chi connectivity index (χ2v) is 5.88. The van der Waals surface area contributed by atoms with Gasteiger partial charge in [-0.15, -0.1) is 0 Å². The molecule has 0 unspecified atom stereocenters. The van der Waals surface area contributed by atoms with Crippen LogP contribution in [0.2, 0.25) is 0 Å². The first-order valence-electron chi connectivity index (χ1n) is 6.34. The summed E-state index contributed by atoms with van der Waals surface area (Å²) in [7, 11) is 0. The predicted molar refractivity (Wildman–Crippen MR) is 71.8 cm³/mol. The van der Waals surface area contributed by atoms with Crippen molar-refractivity contribution >= 4 is 0 Å². The van der Waals surface area contributed by atoms with E-state index < -0.39 is 0 Å². The van der Waals surface area contributed by atoms with Gasteiger partial charge in [-0.2, -0.15) is 0 Å².